The number of rotatable bonds is 6. The van der Waals surface area contributed by atoms with Gasteiger partial charge in [-0.1, -0.05) is 43.2 Å². The number of benzene rings is 1. The Bertz CT molecular complexity index is 1270. The standard InChI is InChI=1S/C32H40O4/c1-18(2)9-8-10-19(3)13-26(25-16-24(33)14-20(4)30(25)35)31-21(5)27-17-32(7)22(6)28(34)12-11-23(32)15-29(27)36-31/h9,11-14,16,22-23,26,33,35H,8,10,15,17H2,1-7H3/b19-13+/t22-,23-,26-,32+/m0/s1. The topological polar surface area (TPSA) is 70.7 Å². The SMILES string of the molecule is CC(C)=CCC/C(C)=C/[C@@H](c1cc(O)cc(C)c1O)c1oc2c(c1C)C[C@@]1(C)[C@@H](C=CC(=O)[C@@H]1C)C2. The minimum atomic E-state index is -0.322. The first-order valence-corrected chi connectivity index (χ1v) is 13.1. The number of allylic oxidation sites excluding steroid dienone is 6. The number of phenols is 2. The predicted octanol–water partition coefficient (Wildman–Crippen LogP) is 7.63. The lowest BCUT2D eigenvalue weighted by Gasteiger charge is -2.45. The predicted molar refractivity (Wildman–Crippen MR) is 145 cm³/mol. The van der Waals surface area contributed by atoms with Crippen molar-refractivity contribution in [3.63, 3.8) is 0 Å². The molecule has 4 atom stereocenters. The molecule has 4 rings (SSSR count). The number of carbonyl (C=O) groups excluding carboxylic acids is 1. The highest BCUT2D eigenvalue weighted by atomic mass is 16.3. The lowest BCUT2D eigenvalue weighted by Crippen LogP contribution is -2.44. The number of aryl methyl sites for hydroxylation is 1. The number of hydrogen-bond donors (Lipinski definition) is 2. The number of fused-ring (bicyclic) bond motifs is 2. The number of hydrogen-bond acceptors (Lipinski definition) is 4. The van der Waals surface area contributed by atoms with Crippen LogP contribution in [0.2, 0.25) is 0 Å². The molecule has 0 saturated heterocycles. The first kappa shape index (κ1) is 26.1. The fourth-order valence-electron chi connectivity index (χ4n) is 6.00. The molecular formula is C32H40O4. The molecule has 0 radical (unpaired) electrons. The van der Waals surface area contributed by atoms with Crippen LogP contribution in [-0.2, 0) is 17.6 Å². The molecule has 0 amide bonds. The van der Waals surface area contributed by atoms with Crippen LogP contribution in [0.5, 0.6) is 11.5 Å². The number of phenolic OH excluding ortho intramolecular Hbond substituents is 2. The minimum absolute atomic E-state index is 0.0378. The van der Waals surface area contributed by atoms with Crippen LogP contribution in [0.25, 0.3) is 0 Å². The molecule has 1 aromatic carbocycles. The second-order valence-electron chi connectivity index (χ2n) is 11.5. The van der Waals surface area contributed by atoms with E-state index < -0.39 is 0 Å². The Labute approximate surface area is 215 Å². The van der Waals surface area contributed by atoms with Gasteiger partial charge in [-0.2, -0.15) is 0 Å². The van der Waals surface area contributed by atoms with E-state index in [2.05, 4.69) is 59.8 Å². The Morgan fingerprint density at radius 3 is 2.64 bits per heavy atom. The van der Waals surface area contributed by atoms with Gasteiger partial charge in [-0.05, 0) is 100 Å². The van der Waals surface area contributed by atoms with E-state index >= 15 is 0 Å². The lowest BCUT2D eigenvalue weighted by molar-refractivity contribution is -0.123. The van der Waals surface area contributed by atoms with Crippen LogP contribution in [0.15, 0.2) is 52.0 Å². The zero-order chi connectivity index (χ0) is 26.4. The normalized spacial score (nSPS) is 24.3. The maximum Gasteiger partial charge on any atom is 0.158 e. The van der Waals surface area contributed by atoms with Crippen molar-refractivity contribution < 1.29 is 19.4 Å². The molecule has 1 aromatic heterocycles. The summed E-state index contributed by atoms with van der Waals surface area (Å²) in [5, 5.41) is 21.4. The summed E-state index contributed by atoms with van der Waals surface area (Å²) in [6, 6.07) is 3.23. The van der Waals surface area contributed by atoms with Crippen molar-refractivity contribution in [1.82, 2.24) is 0 Å². The third-order valence-corrected chi connectivity index (χ3v) is 8.59. The second kappa shape index (κ2) is 9.80. The van der Waals surface area contributed by atoms with Crippen molar-refractivity contribution in [2.45, 2.75) is 80.1 Å². The highest BCUT2D eigenvalue weighted by Crippen LogP contribution is 2.51. The molecule has 0 spiro atoms. The summed E-state index contributed by atoms with van der Waals surface area (Å²) in [4.78, 5) is 12.5. The van der Waals surface area contributed by atoms with Gasteiger partial charge in [0.05, 0.1) is 5.92 Å². The fourth-order valence-corrected chi connectivity index (χ4v) is 6.00. The average molecular weight is 489 g/mol. The maximum atomic E-state index is 12.5. The van der Waals surface area contributed by atoms with Crippen LogP contribution in [0.1, 0.15) is 87.2 Å². The van der Waals surface area contributed by atoms with E-state index in [1.165, 1.54) is 16.7 Å². The van der Waals surface area contributed by atoms with E-state index in [1.54, 1.807) is 25.1 Å². The van der Waals surface area contributed by atoms with Gasteiger partial charge < -0.3 is 14.6 Å². The average Bonchev–Trinajstić information content (AvgIpc) is 3.11. The van der Waals surface area contributed by atoms with Crippen LogP contribution >= 0.6 is 0 Å². The van der Waals surface area contributed by atoms with Crippen molar-refractivity contribution in [2.24, 2.45) is 17.3 Å². The molecule has 2 aliphatic carbocycles. The number of aromatic hydroxyl groups is 2. The Kier molecular flexibility index (Phi) is 7.10. The fraction of sp³-hybridized carbons (Fsp3) is 0.469. The van der Waals surface area contributed by atoms with E-state index in [0.29, 0.717) is 11.1 Å². The van der Waals surface area contributed by atoms with Crippen LogP contribution < -0.4 is 0 Å². The van der Waals surface area contributed by atoms with Crippen LogP contribution in [0.3, 0.4) is 0 Å². The molecular weight excluding hydrogens is 448 g/mol. The number of furan rings is 1. The van der Waals surface area contributed by atoms with Crippen molar-refractivity contribution in [3.8, 4) is 11.5 Å². The smallest absolute Gasteiger partial charge is 0.158 e. The highest BCUT2D eigenvalue weighted by Gasteiger charge is 2.48. The molecule has 4 heteroatoms. The van der Waals surface area contributed by atoms with Gasteiger partial charge >= 0.3 is 0 Å². The van der Waals surface area contributed by atoms with Gasteiger partial charge in [0.1, 0.15) is 23.0 Å². The third-order valence-electron chi connectivity index (χ3n) is 8.59. The van der Waals surface area contributed by atoms with E-state index in [0.717, 1.165) is 42.8 Å². The molecule has 0 bridgehead atoms. The largest absolute Gasteiger partial charge is 0.508 e. The van der Waals surface area contributed by atoms with Crippen molar-refractivity contribution in [1.29, 1.82) is 0 Å². The Balaban J connectivity index is 1.81. The summed E-state index contributed by atoms with van der Waals surface area (Å²) in [5.41, 5.74) is 5.92. The quantitative estimate of drug-likeness (QED) is 0.324. The van der Waals surface area contributed by atoms with Crippen molar-refractivity contribution >= 4 is 5.78 Å². The van der Waals surface area contributed by atoms with Gasteiger partial charge in [0.25, 0.3) is 0 Å². The molecule has 192 valence electrons. The van der Waals surface area contributed by atoms with Crippen LogP contribution in [-0.4, -0.2) is 16.0 Å². The maximum absolute atomic E-state index is 12.5. The molecule has 2 aliphatic rings. The Hall–Kier alpha value is -3.01. The van der Waals surface area contributed by atoms with Gasteiger partial charge in [0.2, 0.25) is 0 Å². The van der Waals surface area contributed by atoms with Gasteiger partial charge in [-0.25, -0.2) is 0 Å². The lowest BCUT2D eigenvalue weighted by atomic mass is 9.57. The van der Waals surface area contributed by atoms with Crippen LogP contribution in [0.4, 0.5) is 0 Å². The van der Waals surface area contributed by atoms with Gasteiger partial charge in [-0.15, -0.1) is 0 Å². The molecule has 4 nitrogen and oxygen atoms in total. The molecule has 2 N–H and O–H groups in total. The Morgan fingerprint density at radius 2 is 1.94 bits per heavy atom. The summed E-state index contributed by atoms with van der Waals surface area (Å²) in [7, 11) is 0. The minimum Gasteiger partial charge on any atom is -0.508 e. The summed E-state index contributed by atoms with van der Waals surface area (Å²) >= 11 is 0. The van der Waals surface area contributed by atoms with Crippen molar-refractivity contribution in [3.05, 3.63) is 81.4 Å². The Morgan fingerprint density at radius 1 is 1.22 bits per heavy atom. The summed E-state index contributed by atoms with van der Waals surface area (Å²) < 4.78 is 6.62. The molecule has 0 saturated carbocycles. The summed E-state index contributed by atoms with van der Waals surface area (Å²) in [6.45, 7) is 14.5. The number of ketones is 1. The van der Waals surface area contributed by atoms with E-state index in [1.807, 2.05) is 0 Å². The van der Waals surface area contributed by atoms with Gasteiger partial charge in [-0.3, -0.25) is 4.79 Å². The molecule has 0 unspecified atom stereocenters. The van der Waals surface area contributed by atoms with Crippen molar-refractivity contribution in [2.75, 3.05) is 0 Å². The molecule has 36 heavy (non-hydrogen) atoms. The summed E-state index contributed by atoms with van der Waals surface area (Å²) in [6.07, 6.45) is 11.6. The summed E-state index contributed by atoms with van der Waals surface area (Å²) in [5.74, 6) is 2.20. The van der Waals surface area contributed by atoms with Gasteiger partial charge in [0.15, 0.2) is 5.78 Å². The first-order valence-electron chi connectivity index (χ1n) is 13.1. The monoisotopic (exact) mass is 488 g/mol. The third kappa shape index (κ3) is 4.70. The zero-order valence-corrected chi connectivity index (χ0v) is 22.7. The van der Waals surface area contributed by atoms with E-state index in [9.17, 15) is 15.0 Å². The molecule has 0 fully saturated rings. The number of carbonyl (C=O) groups is 1. The zero-order valence-electron chi connectivity index (χ0n) is 22.7. The first-order chi connectivity index (χ1) is 16.9. The molecule has 2 aromatic rings. The van der Waals surface area contributed by atoms with Crippen LogP contribution in [0, 0.1) is 31.1 Å². The van der Waals surface area contributed by atoms with E-state index in [4.69, 9.17) is 4.42 Å². The second-order valence-corrected chi connectivity index (χ2v) is 11.5. The highest BCUT2D eigenvalue weighted by molar-refractivity contribution is 5.93. The molecule has 1 heterocycles. The molecule has 0 aliphatic heterocycles. The van der Waals surface area contributed by atoms with E-state index in [-0.39, 0.29) is 40.5 Å². The van der Waals surface area contributed by atoms with Gasteiger partial charge in [0, 0.05) is 17.9 Å².